The molecule has 2 unspecified atom stereocenters. The van der Waals surface area contributed by atoms with Gasteiger partial charge in [0.25, 0.3) is 0 Å². The monoisotopic (exact) mass is 265 g/mol. The number of halogens is 1. The molecule has 2 aliphatic rings. The van der Waals surface area contributed by atoms with Crippen molar-refractivity contribution in [3.63, 3.8) is 0 Å². The van der Waals surface area contributed by atoms with E-state index in [0.29, 0.717) is 13.2 Å². The first-order valence-electron chi connectivity index (χ1n) is 6.40. The molecule has 96 valence electrons. The molecule has 0 spiro atoms. The number of hydrogen-bond acceptors (Lipinski definition) is 2. The molecule has 0 aromatic heterocycles. The van der Waals surface area contributed by atoms with Crippen LogP contribution in [0.5, 0.6) is 5.75 Å². The minimum atomic E-state index is -0.0584. The maximum Gasteiger partial charge on any atom is 0.230 e. The molecule has 1 amide bonds. The summed E-state index contributed by atoms with van der Waals surface area (Å²) in [4.78, 5) is 14.4. The number of para-hydroxylation sites is 1. The number of nitrogens with zero attached hydrogens (tertiary/aromatic N) is 1. The highest BCUT2D eigenvalue weighted by atomic mass is 35.5. The number of carbonyl (C=O) groups is 1. The average Bonchev–Trinajstić information content (AvgIpc) is 2.84. The highest BCUT2D eigenvalue weighted by Crippen LogP contribution is 2.35. The molecule has 0 aliphatic carbocycles. The van der Waals surface area contributed by atoms with Crippen molar-refractivity contribution in [2.45, 2.75) is 24.1 Å². The van der Waals surface area contributed by atoms with Gasteiger partial charge in [-0.3, -0.25) is 4.79 Å². The molecule has 4 heteroatoms. The number of benzene rings is 1. The number of amides is 1. The summed E-state index contributed by atoms with van der Waals surface area (Å²) in [5.41, 5.74) is 1.02. The molecule has 1 aromatic rings. The van der Waals surface area contributed by atoms with Crippen molar-refractivity contribution in [1.29, 1.82) is 0 Å². The highest BCUT2D eigenvalue weighted by Gasteiger charge is 2.33. The molecule has 2 aliphatic heterocycles. The second-order valence-corrected chi connectivity index (χ2v) is 5.51. The van der Waals surface area contributed by atoms with E-state index in [1.165, 1.54) is 0 Å². The SMILES string of the molecule is O=C(C1CCOc2ccccc21)N1CCC(Cl)C1. The summed E-state index contributed by atoms with van der Waals surface area (Å²) >= 11 is 6.07. The van der Waals surface area contributed by atoms with Gasteiger partial charge in [-0.25, -0.2) is 0 Å². The third kappa shape index (κ3) is 2.07. The van der Waals surface area contributed by atoms with Crippen molar-refractivity contribution < 1.29 is 9.53 Å². The van der Waals surface area contributed by atoms with Crippen molar-refractivity contribution in [3.05, 3.63) is 29.8 Å². The molecule has 1 fully saturated rings. The zero-order chi connectivity index (χ0) is 12.5. The summed E-state index contributed by atoms with van der Waals surface area (Å²) in [5, 5.41) is 0.115. The normalized spacial score (nSPS) is 26.6. The van der Waals surface area contributed by atoms with E-state index >= 15 is 0 Å². The molecule has 0 saturated carbocycles. The van der Waals surface area contributed by atoms with Crippen LogP contribution in [0.15, 0.2) is 24.3 Å². The number of likely N-dealkylation sites (tertiary alicyclic amines) is 1. The Kier molecular flexibility index (Phi) is 3.16. The first-order valence-corrected chi connectivity index (χ1v) is 6.84. The van der Waals surface area contributed by atoms with E-state index in [0.717, 1.165) is 30.7 Å². The lowest BCUT2D eigenvalue weighted by atomic mass is 9.92. The molecule has 0 bridgehead atoms. The second-order valence-electron chi connectivity index (χ2n) is 4.90. The van der Waals surface area contributed by atoms with Crippen molar-refractivity contribution >= 4 is 17.5 Å². The largest absolute Gasteiger partial charge is 0.493 e. The smallest absolute Gasteiger partial charge is 0.230 e. The molecular weight excluding hydrogens is 250 g/mol. The average molecular weight is 266 g/mol. The minimum absolute atomic E-state index is 0.0584. The Labute approximate surface area is 112 Å². The van der Waals surface area contributed by atoms with Crippen LogP contribution < -0.4 is 4.74 Å². The summed E-state index contributed by atoms with van der Waals surface area (Å²) in [6.45, 7) is 2.08. The van der Waals surface area contributed by atoms with Crippen LogP contribution in [0.4, 0.5) is 0 Å². The van der Waals surface area contributed by atoms with Gasteiger partial charge in [0.15, 0.2) is 0 Å². The lowest BCUT2D eigenvalue weighted by Crippen LogP contribution is -2.35. The first kappa shape index (κ1) is 11.8. The zero-order valence-electron chi connectivity index (χ0n) is 10.1. The Morgan fingerprint density at radius 1 is 1.33 bits per heavy atom. The molecule has 18 heavy (non-hydrogen) atoms. The van der Waals surface area contributed by atoms with Gasteiger partial charge in [0.2, 0.25) is 5.91 Å². The van der Waals surface area contributed by atoms with E-state index in [9.17, 15) is 4.79 Å². The third-order valence-electron chi connectivity index (χ3n) is 3.70. The fraction of sp³-hybridized carbons (Fsp3) is 0.500. The quantitative estimate of drug-likeness (QED) is 0.730. The Morgan fingerprint density at radius 3 is 2.94 bits per heavy atom. The van der Waals surface area contributed by atoms with Crippen LogP contribution in [-0.4, -0.2) is 35.9 Å². The molecule has 3 nitrogen and oxygen atoms in total. The van der Waals surface area contributed by atoms with Gasteiger partial charge in [-0.1, -0.05) is 18.2 Å². The fourth-order valence-electron chi connectivity index (χ4n) is 2.74. The standard InChI is InChI=1S/C14H16ClNO2/c15-10-5-7-16(9-10)14(17)12-6-8-18-13-4-2-1-3-11(12)13/h1-4,10,12H,5-9H2. The molecule has 0 N–H and O–H groups in total. The van der Waals surface area contributed by atoms with Crippen molar-refractivity contribution in [1.82, 2.24) is 4.90 Å². The topological polar surface area (TPSA) is 29.5 Å². The van der Waals surface area contributed by atoms with Crippen molar-refractivity contribution in [2.24, 2.45) is 0 Å². The van der Waals surface area contributed by atoms with Gasteiger partial charge < -0.3 is 9.64 Å². The lowest BCUT2D eigenvalue weighted by molar-refractivity contribution is -0.132. The third-order valence-corrected chi connectivity index (χ3v) is 4.06. The van der Waals surface area contributed by atoms with Crippen LogP contribution in [0, 0.1) is 0 Å². The predicted molar refractivity (Wildman–Crippen MR) is 70.1 cm³/mol. The van der Waals surface area contributed by atoms with E-state index in [2.05, 4.69) is 0 Å². The van der Waals surface area contributed by atoms with Crippen LogP contribution in [-0.2, 0) is 4.79 Å². The molecule has 3 rings (SSSR count). The zero-order valence-corrected chi connectivity index (χ0v) is 10.9. The van der Waals surface area contributed by atoms with Gasteiger partial charge in [0, 0.05) is 18.7 Å². The maximum atomic E-state index is 12.5. The summed E-state index contributed by atoms with van der Waals surface area (Å²) in [6.07, 6.45) is 1.66. The number of hydrogen-bond donors (Lipinski definition) is 0. The lowest BCUT2D eigenvalue weighted by Gasteiger charge is -2.28. The summed E-state index contributed by atoms with van der Waals surface area (Å²) in [7, 11) is 0. The highest BCUT2D eigenvalue weighted by molar-refractivity contribution is 6.21. The Bertz CT molecular complexity index is 463. The van der Waals surface area contributed by atoms with Gasteiger partial charge in [0.1, 0.15) is 5.75 Å². The predicted octanol–water partition coefficient (Wildman–Crippen LogP) is 2.39. The van der Waals surface area contributed by atoms with E-state index in [1.54, 1.807) is 0 Å². The number of rotatable bonds is 1. The number of alkyl halides is 1. The molecule has 0 radical (unpaired) electrons. The molecule has 1 aromatic carbocycles. The van der Waals surface area contributed by atoms with Crippen LogP contribution in [0.2, 0.25) is 0 Å². The fourth-order valence-corrected chi connectivity index (χ4v) is 3.00. The van der Waals surface area contributed by atoms with Crippen LogP contribution >= 0.6 is 11.6 Å². The summed E-state index contributed by atoms with van der Waals surface area (Å²) < 4.78 is 5.59. The van der Waals surface area contributed by atoms with Crippen molar-refractivity contribution in [2.75, 3.05) is 19.7 Å². The van der Waals surface area contributed by atoms with Gasteiger partial charge >= 0.3 is 0 Å². The number of carbonyl (C=O) groups excluding carboxylic acids is 1. The Balaban J connectivity index is 1.83. The molecule has 2 atom stereocenters. The minimum Gasteiger partial charge on any atom is -0.493 e. The summed E-state index contributed by atoms with van der Waals surface area (Å²) in [5.74, 6) is 0.995. The maximum absolute atomic E-state index is 12.5. The molecule has 2 heterocycles. The Morgan fingerprint density at radius 2 is 2.17 bits per heavy atom. The Hall–Kier alpha value is -1.22. The molecule has 1 saturated heterocycles. The van der Waals surface area contributed by atoms with Gasteiger partial charge in [-0.2, -0.15) is 0 Å². The van der Waals surface area contributed by atoms with E-state index in [-0.39, 0.29) is 17.2 Å². The first-order chi connectivity index (χ1) is 8.75. The van der Waals surface area contributed by atoms with E-state index in [4.69, 9.17) is 16.3 Å². The number of fused-ring (bicyclic) bond motifs is 1. The van der Waals surface area contributed by atoms with E-state index < -0.39 is 0 Å². The van der Waals surface area contributed by atoms with Crippen molar-refractivity contribution in [3.8, 4) is 5.75 Å². The summed E-state index contributed by atoms with van der Waals surface area (Å²) in [6, 6.07) is 7.83. The van der Waals surface area contributed by atoms with Gasteiger partial charge in [0.05, 0.1) is 17.9 Å². The van der Waals surface area contributed by atoms with Crippen LogP contribution in [0.25, 0.3) is 0 Å². The second kappa shape index (κ2) is 4.81. The van der Waals surface area contributed by atoms with E-state index in [1.807, 2.05) is 29.2 Å². The van der Waals surface area contributed by atoms with Gasteiger partial charge in [-0.05, 0) is 18.9 Å². The number of ether oxygens (including phenoxy) is 1. The van der Waals surface area contributed by atoms with Crippen LogP contribution in [0.3, 0.4) is 0 Å². The van der Waals surface area contributed by atoms with Gasteiger partial charge in [-0.15, -0.1) is 11.6 Å². The van der Waals surface area contributed by atoms with Crippen LogP contribution in [0.1, 0.15) is 24.3 Å². The molecular formula is C14H16ClNO2.